The minimum atomic E-state index is -1.09. The van der Waals surface area contributed by atoms with Gasteiger partial charge in [0.25, 0.3) is 0 Å². The number of nitrogens with zero attached hydrogens (tertiary/aromatic N) is 4. The minimum Gasteiger partial charge on any atom is -0.480 e. The van der Waals surface area contributed by atoms with Gasteiger partial charge in [0.1, 0.15) is 12.6 Å². The minimum absolute atomic E-state index is 0.0816. The molecular formula is C22H24N4O4. The van der Waals surface area contributed by atoms with E-state index in [0.29, 0.717) is 19.4 Å². The van der Waals surface area contributed by atoms with Crippen molar-refractivity contribution in [3.63, 3.8) is 0 Å². The number of carboxylic acid groups (broad SMARTS) is 1. The summed E-state index contributed by atoms with van der Waals surface area (Å²) in [4.78, 5) is 28.0. The third kappa shape index (κ3) is 4.55. The summed E-state index contributed by atoms with van der Waals surface area (Å²) < 4.78 is 5.53. The van der Waals surface area contributed by atoms with Gasteiger partial charge in [-0.05, 0) is 40.6 Å². The number of ether oxygens (including phenoxy) is 1. The number of rotatable bonds is 9. The zero-order chi connectivity index (χ0) is 21.5. The van der Waals surface area contributed by atoms with Crippen molar-refractivity contribution < 1.29 is 19.4 Å². The third-order valence-corrected chi connectivity index (χ3v) is 5.43. The van der Waals surface area contributed by atoms with E-state index in [1.807, 2.05) is 36.4 Å². The zero-order valence-corrected chi connectivity index (χ0v) is 16.8. The first kappa shape index (κ1) is 21.2. The number of carboxylic acids is 1. The van der Waals surface area contributed by atoms with Crippen LogP contribution in [0.5, 0.6) is 0 Å². The van der Waals surface area contributed by atoms with Crippen molar-refractivity contribution in [1.82, 2.24) is 4.90 Å². The highest BCUT2D eigenvalue weighted by Gasteiger charge is 2.31. The summed E-state index contributed by atoms with van der Waals surface area (Å²) in [5, 5.41) is 12.9. The molecule has 8 nitrogen and oxygen atoms in total. The number of carbonyl (C=O) groups is 2. The molecule has 1 atom stereocenters. The lowest BCUT2D eigenvalue weighted by atomic mass is 9.98. The van der Waals surface area contributed by atoms with Gasteiger partial charge < -0.3 is 9.84 Å². The van der Waals surface area contributed by atoms with Gasteiger partial charge in [0.05, 0.1) is 0 Å². The quantitative estimate of drug-likeness (QED) is 0.278. The van der Waals surface area contributed by atoms with Crippen LogP contribution < -0.4 is 0 Å². The molecule has 8 heteroatoms. The number of hydrogen-bond donors (Lipinski definition) is 1. The summed E-state index contributed by atoms with van der Waals surface area (Å²) in [5.74, 6) is -1.17. The van der Waals surface area contributed by atoms with Crippen LogP contribution in [0.3, 0.4) is 0 Å². The monoisotopic (exact) mass is 408 g/mol. The number of likely N-dealkylation sites (N-methyl/N-ethyl adjacent to an activating group) is 1. The average Bonchev–Trinajstić information content (AvgIpc) is 3.07. The van der Waals surface area contributed by atoms with Crippen molar-refractivity contribution in [3.05, 3.63) is 70.1 Å². The van der Waals surface area contributed by atoms with E-state index >= 15 is 0 Å². The maximum Gasteiger partial charge on any atom is 0.410 e. The summed E-state index contributed by atoms with van der Waals surface area (Å²) in [5.41, 5.74) is 12.7. The molecule has 1 N–H and O–H groups in total. The van der Waals surface area contributed by atoms with Gasteiger partial charge >= 0.3 is 12.1 Å². The number of benzene rings is 2. The maximum absolute atomic E-state index is 12.6. The van der Waals surface area contributed by atoms with E-state index in [9.17, 15) is 14.7 Å². The van der Waals surface area contributed by atoms with Crippen LogP contribution in [-0.4, -0.2) is 48.3 Å². The summed E-state index contributed by atoms with van der Waals surface area (Å²) in [6.07, 6.45) is 0.680. The molecule has 0 heterocycles. The molecule has 1 aliphatic rings. The molecule has 3 rings (SSSR count). The van der Waals surface area contributed by atoms with Gasteiger partial charge in [-0.1, -0.05) is 60.1 Å². The summed E-state index contributed by atoms with van der Waals surface area (Å²) >= 11 is 0. The maximum atomic E-state index is 12.6. The average molecular weight is 408 g/mol. The Hall–Kier alpha value is -3.51. The Morgan fingerprint density at radius 3 is 2.30 bits per heavy atom. The van der Waals surface area contributed by atoms with Gasteiger partial charge in [-0.25, -0.2) is 9.59 Å². The Kier molecular flexibility index (Phi) is 6.93. The van der Waals surface area contributed by atoms with E-state index in [0.717, 1.165) is 27.2 Å². The molecule has 1 amide bonds. The molecule has 2 aromatic rings. The molecule has 0 unspecified atom stereocenters. The van der Waals surface area contributed by atoms with Crippen molar-refractivity contribution in [3.8, 4) is 11.1 Å². The second-order valence-corrected chi connectivity index (χ2v) is 7.22. The number of hydrogen-bond acceptors (Lipinski definition) is 4. The summed E-state index contributed by atoms with van der Waals surface area (Å²) in [6, 6.07) is 15.1. The van der Waals surface area contributed by atoms with Crippen LogP contribution in [-0.2, 0) is 9.53 Å². The first-order chi connectivity index (χ1) is 14.5. The van der Waals surface area contributed by atoms with E-state index in [-0.39, 0.29) is 18.9 Å². The SMILES string of the molecule is CN(C(=O)OCC1c2ccccc2-c2ccccc21)[C@@H](CCCCN=[N+]=[N-])C(=O)O. The fourth-order valence-corrected chi connectivity index (χ4v) is 3.87. The molecule has 0 aliphatic heterocycles. The Labute approximate surface area is 174 Å². The molecule has 0 fully saturated rings. The van der Waals surface area contributed by atoms with Crippen molar-refractivity contribution in [1.29, 1.82) is 0 Å². The van der Waals surface area contributed by atoms with E-state index in [4.69, 9.17) is 10.3 Å². The second kappa shape index (κ2) is 9.80. The molecule has 0 bridgehead atoms. The van der Waals surface area contributed by atoms with Gasteiger partial charge in [0.2, 0.25) is 0 Å². The molecule has 0 aromatic heterocycles. The Morgan fingerprint density at radius 1 is 1.13 bits per heavy atom. The number of unbranched alkanes of at least 4 members (excludes halogenated alkanes) is 1. The Bertz CT molecular complexity index is 926. The van der Waals surface area contributed by atoms with Crippen molar-refractivity contribution >= 4 is 12.1 Å². The smallest absolute Gasteiger partial charge is 0.410 e. The zero-order valence-electron chi connectivity index (χ0n) is 16.8. The summed E-state index contributed by atoms with van der Waals surface area (Å²) in [6.45, 7) is 0.442. The molecule has 1 aliphatic carbocycles. The Morgan fingerprint density at radius 2 is 1.73 bits per heavy atom. The predicted octanol–water partition coefficient (Wildman–Crippen LogP) is 4.80. The second-order valence-electron chi connectivity index (χ2n) is 7.22. The number of aliphatic carboxylic acids is 1. The number of amides is 1. The lowest BCUT2D eigenvalue weighted by molar-refractivity contribution is -0.142. The first-order valence-corrected chi connectivity index (χ1v) is 9.86. The largest absolute Gasteiger partial charge is 0.480 e. The van der Waals surface area contributed by atoms with Crippen LogP contribution in [0.4, 0.5) is 4.79 Å². The van der Waals surface area contributed by atoms with Crippen LogP contribution in [0.25, 0.3) is 21.6 Å². The third-order valence-electron chi connectivity index (χ3n) is 5.43. The number of azide groups is 1. The normalized spacial score (nSPS) is 13.0. The molecule has 0 saturated carbocycles. The number of fused-ring (bicyclic) bond motifs is 3. The first-order valence-electron chi connectivity index (χ1n) is 9.86. The highest BCUT2D eigenvalue weighted by Crippen LogP contribution is 2.44. The van der Waals surface area contributed by atoms with E-state index < -0.39 is 18.1 Å². The fraction of sp³-hybridized carbons (Fsp3) is 0.364. The van der Waals surface area contributed by atoms with Gasteiger partial charge in [0, 0.05) is 24.4 Å². The Balaban J connectivity index is 1.64. The van der Waals surface area contributed by atoms with Crippen molar-refractivity contribution in [2.24, 2.45) is 5.11 Å². The molecule has 0 spiro atoms. The van der Waals surface area contributed by atoms with E-state index in [2.05, 4.69) is 22.2 Å². The lowest BCUT2D eigenvalue weighted by Gasteiger charge is -2.25. The van der Waals surface area contributed by atoms with Crippen LogP contribution in [0.1, 0.15) is 36.3 Å². The van der Waals surface area contributed by atoms with Crippen molar-refractivity contribution in [2.75, 3.05) is 20.2 Å². The van der Waals surface area contributed by atoms with Crippen molar-refractivity contribution in [2.45, 2.75) is 31.2 Å². The molecular weight excluding hydrogens is 384 g/mol. The van der Waals surface area contributed by atoms with E-state index in [1.165, 1.54) is 7.05 Å². The topological polar surface area (TPSA) is 116 Å². The number of carbonyl (C=O) groups excluding carboxylic acids is 1. The fourth-order valence-electron chi connectivity index (χ4n) is 3.87. The molecule has 30 heavy (non-hydrogen) atoms. The molecule has 0 radical (unpaired) electrons. The van der Waals surface area contributed by atoms with E-state index in [1.54, 1.807) is 0 Å². The molecule has 156 valence electrons. The van der Waals surface area contributed by atoms with Gasteiger partial charge in [-0.3, -0.25) is 4.90 Å². The van der Waals surface area contributed by atoms with Gasteiger partial charge in [-0.2, -0.15) is 0 Å². The summed E-state index contributed by atoms with van der Waals surface area (Å²) in [7, 11) is 1.44. The highest BCUT2D eigenvalue weighted by molar-refractivity contribution is 5.81. The molecule has 0 saturated heterocycles. The molecule has 2 aromatic carbocycles. The lowest BCUT2D eigenvalue weighted by Crippen LogP contribution is -2.43. The van der Waals surface area contributed by atoms with Gasteiger partial charge in [-0.15, -0.1) is 0 Å². The van der Waals surface area contributed by atoms with Crippen LogP contribution in [0.2, 0.25) is 0 Å². The van der Waals surface area contributed by atoms with Crippen LogP contribution in [0, 0.1) is 0 Å². The predicted molar refractivity (Wildman–Crippen MR) is 112 cm³/mol. The van der Waals surface area contributed by atoms with Gasteiger partial charge in [0.15, 0.2) is 0 Å². The van der Waals surface area contributed by atoms with Crippen LogP contribution in [0.15, 0.2) is 53.6 Å². The highest BCUT2D eigenvalue weighted by atomic mass is 16.6. The van der Waals surface area contributed by atoms with Crippen LogP contribution >= 0.6 is 0 Å². The standard InChI is InChI=1S/C22H24N4O4/c1-26(20(21(27)28)12-6-7-13-24-25-23)22(29)30-14-19-17-10-4-2-8-15(17)16-9-3-5-11-18(16)19/h2-5,8-11,19-20H,6-7,12-14H2,1H3,(H,27,28)/t20-/m0/s1.